The van der Waals surface area contributed by atoms with E-state index in [2.05, 4.69) is 16.8 Å². The lowest BCUT2D eigenvalue weighted by molar-refractivity contribution is -0.133. The Morgan fingerprint density at radius 1 is 1.22 bits per heavy atom. The smallest absolute Gasteiger partial charge is 0.242 e. The fraction of sp³-hybridized carbons (Fsp3) is 0.571. The number of hydrogen-bond acceptors (Lipinski definition) is 3. The number of benzene rings is 1. The van der Waals surface area contributed by atoms with Crippen molar-refractivity contribution in [3.63, 3.8) is 0 Å². The molecule has 1 aromatic heterocycles. The molecule has 1 aromatic carbocycles. The topological polar surface area (TPSA) is 67.2 Å². The number of aryl methyl sites for hydroxylation is 1. The van der Waals surface area contributed by atoms with E-state index in [0.717, 1.165) is 55.6 Å². The molecule has 0 saturated carbocycles. The van der Waals surface area contributed by atoms with E-state index in [4.69, 9.17) is 4.98 Å². The molecule has 2 amide bonds. The maximum absolute atomic E-state index is 12.8. The first kappa shape index (κ1) is 19.4. The van der Waals surface area contributed by atoms with Crippen molar-refractivity contribution in [3.05, 3.63) is 30.1 Å². The van der Waals surface area contributed by atoms with Gasteiger partial charge in [-0.05, 0) is 37.3 Å². The first-order chi connectivity index (χ1) is 13.1. The number of para-hydroxylation sites is 2. The molecule has 1 saturated heterocycles. The SMILES string of the molecule is CCC(=O)NCCCc1nc2ccccc2n1CC(=O)N1CCC(C)CC1. The molecule has 146 valence electrons. The molecular formula is C21H30N4O2. The van der Waals surface area contributed by atoms with Gasteiger partial charge in [0.25, 0.3) is 0 Å². The molecule has 27 heavy (non-hydrogen) atoms. The van der Waals surface area contributed by atoms with Crippen LogP contribution in [0.2, 0.25) is 0 Å². The number of aromatic nitrogens is 2. The third-order valence-electron chi connectivity index (χ3n) is 5.38. The number of imidazole rings is 1. The Kier molecular flexibility index (Phi) is 6.48. The predicted molar refractivity (Wildman–Crippen MR) is 106 cm³/mol. The molecule has 0 spiro atoms. The van der Waals surface area contributed by atoms with E-state index in [9.17, 15) is 9.59 Å². The molecule has 1 aliphatic heterocycles. The summed E-state index contributed by atoms with van der Waals surface area (Å²) in [5, 5.41) is 2.90. The van der Waals surface area contributed by atoms with Crippen LogP contribution < -0.4 is 5.32 Å². The number of fused-ring (bicyclic) bond motifs is 1. The summed E-state index contributed by atoms with van der Waals surface area (Å²) < 4.78 is 2.05. The minimum Gasteiger partial charge on any atom is -0.356 e. The molecule has 1 N–H and O–H groups in total. The first-order valence-corrected chi connectivity index (χ1v) is 10.1. The van der Waals surface area contributed by atoms with Gasteiger partial charge in [-0.25, -0.2) is 4.98 Å². The standard InChI is InChI=1S/C21H30N4O2/c1-3-20(26)22-12-6-9-19-23-17-7-4-5-8-18(17)25(19)15-21(27)24-13-10-16(2)11-14-24/h4-5,7-8,16H,3,6,9-15H2,1-2H3,(H,22,26). The Hall–Kier alpha value is -2.37. The third kappa shape index (κ3) is 4.87. The largest absolute Gasteiger partial charge is 0.356 e. The Labute approximate surface area is 160 Å². The van der Waals surface area contributed by atoms with Crippen LogP contribution in [0.25, 0.3) is 11.0 Å². The molecule has 0 aliphatic carbocycles. The highest BCUT2D eigenvalue weighted by Crippen LogP contribution is 2.20. The molecule has 2 aromatic rings. The van der Waals surface area contributed by atoms with Crippen LogP contribution in [0.5, 0.6) is 0 Å². The second-order valence-electron chi connectivity index (χ2n) is 7.47. The Bertz CT molecular complexity index is 791. The predicted octanol–water partition coefficient (Wildman–Crippen LogP) is 2.75. The van der Waals surface area contributed by atoms with Crippen molar-refractivity contribution in [2.45, 2.75) is 52.5 Å². The maximum atomic E-state index is 12.8. The van der Waals surface area contributed by atoms with E-state index in [1.54, 1.807) is 0 Å². The lowest BCUT2D eigenvalue weighted by atomic mass is 9.99. The molecule has 0 unspecified atom stereocenters. The van der Waals surface area contributed by atoms with Gasteiger partial charge >= 0.3 is 0 Å². The van der Waals surface area contributed by atoms with Crippen LogP contribution in [0.4, 0.5) is 0 Å². The Balaban J connectivity index is 1.70. The van der Waals surface area contributed by atoms with Gasteiger partial charge in [-0.3, -0.25) is 9.59 Å². The fourth-order valence-electron chi connectivity index (χ4n) is 3.59. The van der Waals surface area contributed by atoms with Gasteiger partial charge in [-0.2, -0.15) is 0 Å². The van der Waals surface area contributed by atoms with Gasteiger partial charge in [0.05, 0.1) is 11.0 Å². The average Bonchev–Trinajstić information content (AvgIpc) is 3.03. The Morgan fingerprint density at radius 3 is 2.70 bits per heavy atom. The van der Waals surface area contributed by atoms with E-state index in [0.29, 0.717) is 25.4 Å². The minimum absolute atomic E-state index is 0.0676. The summed E-state index contributed by atoms with van der Waals surface area (Å²) >= 11 is 0. The summed E-state index contributed by atoms with van der Waals surface area (Å²) in [6.45, 7) is 6.78. The summed E-state index contributed by atoms with van der Waals surface area (Å²) in [6.07, 6.45) is 4.22. The molecule has 3 rings (SSSR count). The molecular weight excluding hydrogens is 340 g/mol. The number of carbonyl (C=O) groups is 2. The van der Waals surface area contributed by atoms with E-state index in [-0.39, 0.29) is 11.8 Å². The zero-order chi connectivity index (χ0) is 19.2. The maximum Gasteiger partial charge on any atom is 0.242 e. The van der Waals surface area contributed by atoms with Crippen LogP contribution in [0.15, 0.2) is 24.3 Å². The van der Waals surface area contributed by atoms with Gasteiger partial charge in [0.2, 0.25) is 11.8 Å². The summed E-state index contributed by atoms with van der Waals surface area (Å²) in [7, 11) is 0. The van der Waals surface area contributed by atoms with Crippen LogP contribution in [0.1, 0.15) is 45.4 Å². The number of piperidine rings is 1. The van der Waals surface area contributed by atoms with Crippen LogP contribution in [0.3, 0.4) is 0 Å². The van der Waals surface area contributed by atoms with Crippen LogP contribution in [0, 0.1) is 5.92 Å². The number of hydrogen-bond donors (Lipinski definition) is 1. The van der Waals surface area contributed by atoms with Gasteiger partial charge in [-0.1, -0.05) is 26.0 Å². The molecule has 2 heterocycles. The van der Waals surface area contributed by atoms with Crippen LogP contribution in [-0.2, 0) is 22.6 Å². The van der Waals surface area contributed by atoms with Gasteiger partial charge in [0, 0.05) is 32.5 Å². The zero-order valence-corrected chi connectivity index (χ0v) is 16.4. The number of carbonyl (C=O) groups excluding carboxylic acids is 2. The second kappa shape index (κ2) is 9.02. The molecule has 0 bridgehead atoms. The van der Waals surface area contributed by atoms with E-state index >= 15 is 0 Å². The van der Waals surface area contributed by atoms with E-state index in [1.165, 1.54) is 0 Å². The van der Waals surface area contributed by atoms with E-state index < -0.39 is 0 Å². The molecule has 0 atom stereocenters. The third-order valence-corrected chi connectivity index (χ3v) is 5.38. The van der Waals surface area contributed by atoms with Crippen molar-refractivity contribution in [1.29, 1.82) is 0 Å². The summed E-state index contributed by atoms with van der Waals surface area (Å²) in [5.74, 6) is 1.86. The van der Waals surface area contributed by atoms with Gasteiger partial charge < -0.3 is 14.8 Å². The van der Waals surface area contributed by atoms with Crippen LogP contribution in [-0.4, -0.2) is 45.9 Å². The molecule has 1 fully saturated rings. The molecule has 0 radical (unpaired) electrons. The Morgan fingerprint density at radius 2 is 1.96 bits per heavy atom. The van der Waals surface area contributed by atoms with Gasteiger partial charge in [0.1, 0.15) is 12.4 Å². The van der Waals surface area contributed by atoms with E-state index in [1.807, 2.05) is 36.1 Å². The number of likely N-dealkylation sites (tertiary alicyclic amines) is 1. The van der Waals surface area contributed by atoms with Crippen molar-refractivity contribution in [2.75, 3.05) is 19.6 Å². The molecule has 6 heteroatoms. The highest BCUT2D eigenvalue weighted by Gasteiger charge is 2.22. The van der Waals surface area contributed by atoms with Crippen molar-refractivity contribution in [3.8, 4) is 0 Å². The lowest BCUT2D eigenvalue weighted by Gasteiger charge is -2.30. The van der Waals surface area contributed by atoms with Crippen molar-refractivity contribution < 1.29 is 9.59 Å². The van der Waals surface area contributed by atoms with Gasteiger partial charge in [0.15, 0.2) is 0 Å². The highest BCUT2D eigenvalue weighted by atomic mass is 16.2. The summed E-state index contributed by atoms with van der Waals surface area (Å²) in [5.41, 5.74) is 1.92. The van der Waals surface area contributed by atoms with Crippen molar-refractivity contribution in [2.24, 2.45) is 5.92 Å². The molecule has 6 nitrogen and oxygen atoms in total. The summed E-state index contributed by atoms with van der Waals surface area (Å²) in [4.78, 5) is 31.0. The molecule has 1 aliphatic rings. The summed E-state index contributed by atoms with van der Waals surface area (Å²) in [6, 6.07) is 7.97. The number of nitrogens with one attached hydrogen (secondary N) is 1. The van der Waals surface area contributed by atoms with Gasteiger partial charge in [-0.15, -0.1) is 0 Å². The number of rotatable bonds is 7. The normalized spacial score (nSPS) is 15.3. The van der Waals surface area contributed by atoms with Crippen LogP contribution >= 0.6 is 0 Å². The number of amides is 2. The fourth-order valence-corrected chi connectivity index (χ4v) is 3.59. The van der Waals surface area contributed by atoms with Crippen molar-refractivity contribution in [1.82, 2.24) is 19.8 Å². The highest BCUT2D eigenvalue weighted by molar-refractivity contribution is 5.81. The first-order valence-electron chi connectivity index (χ1n) is 10.1. The average molecular weight is 370 g/mol. The lowest BCUT2D eigenvalue weighted by Crippen LogP contribution is -2.40. The minimum atomic E-state index is 0.0676. The quantitative estimate of drug-likeness (QED) is 0.762. The second-order valence-corrected chi connectivity index (χ2v) is 7.47. The number of nitrogens with zero attached hydrogens (tertiary/aromatic N) is 3. The zero-order valence-electron chi connectivity index (χ0n) is 16.4. The van der Waals surface area contributed by atoms with Crippen molar-refractivity contribution >= 4 is 22.8 Å². The monoisotopic (exact) mass is 370 g/mol.